The number of piperazine rings is 1. The molecule has 90 valence electrons. The van der Waals surface area contributed by atoms with Crippen molar-refractivity contribution in [1.29, 1.82) is 0 Å². The second kappa shape index (κ2) is 4.86. The van der Waals surface area contributed by atoms with Crippen molar-refractivity contribution in [3.63, 3.8) is 0 Å². The highest BCUT2D eigenvalue weighted by molar-refractivity contribution is 5.82. The molecule has 1 amide bonds. The third-order valence-electron chi connectivity index (χ3n) is 2.72. The molecule has 1 aromatic heterocycles. The van der Waals surface area contributed by atoms with Crippen molar-refractivity contribution >= 4 is 23.9 Å². The molecule has 1 aromatic rings. The number of hydrogen-bond acceptors (Lipinski definition) is 3. The van der Waals surface area contributed by atoms with Gasteiger partial charge in [-0.05, 0) is 13.0 Å². The van der Waals surface area contributed by atoms with Gasteiger partial charge < -0.3 is 10.2 Å². The number of anilines is 1. The fourth-order valence-electron chi connectivity index (χ4n) is 1.92. The topological polar surface area (TPSA) is 61.0 Å². The number of carbonyl (C=O) groups excluding carboxylic acids is 1. The molecule has 2 N–H and O–H groups in total. The summed E-state index contributed by atoms with van der Waals surface area (Å²) in [4.78, 5) is 13.3. The number of carbonyl (C=O) groups is 1. The minimum absolute atomic E-state index is 0.0332. The van der Waals surface area contributed by atoms with Crippen LogP contribution in [0.3, 0.4) is 0 Å². The van der Waals surface area contributed by atoms with Gasteiger partial charge in [-0.15, -0.1) is 0 Å². The van der Waals surface area contributed by atoms with E-state index in [2.05, 4.69) is 22.1 Å². The Kier molecular flexibility index (Phi) is 3.27. The lowest BCUT2D eigenvalue weighted by molar-refractivity contribution is -0.120. The van der Waals surface area contributed by atoms with Crippen LogP contribution in [0.5, 0.6) is 0 Å². The van der Waals surface area contributed by atoms with Gasteiger partial charge in [0.2, 0.25) is 5.91 Å². The second-order valence-corrected chi connectivity index (χ2v) is 3.84. The molecule has 0 spiro atoms. The predicted octanol–water partition coefficient (Wildman–Crippen LogP) is -0.887. The summed E-state index contributed by atoms with van der Waals surface area (Å²) in [5.74, 6) is 0.846. The van der Waals surface area contributed by atoms with Crippen molar-refractivity contribution in [2.75, 3.05) is 24.5 Å². The van der Waals surface area contributed by atoms with Gasteiger partial charge in [0.1, 0.15) is 0 Å². The van der Waals surface area contributed by atoms with E-state index in [9.17, 15) is 4.79 Å². The zero-order chi connectivity index (χ0) is 12.3. The Balaban J connectivity index is 2.45. The lowest BCUT2D eigenvalue weighted by atomic mass is 10.3. The Morgan fingerprint density at radius 3 is 3.00 bits per heavy atom. The molecule has 17 heavy (non-hydrogen) atoms. The van der Waals surface area contributed by atoms with E-state index in [1.54, 1.807) is 6.08 Å². The molecule has 1 fully saturated rings. The first-order valence-electron chi connectivity index (χ1n) is 5.61. The first kappa shape index (κ1) is 11.4. The Morgan fingerprint density at radius 1 is 1.53 bits per heavy atom. The standard InChI is InChI=1S/C12H16N4O/c1-3-5-9-10(4-2)14-15-12(9)16-7-6-13-11(17)8-16/h3-5,14H,1,6-8H2,2H3,(H,13,17)/b9-5+,10-4+. The van der Waals surface area contributed by atoms with Crippen LogP contribution in [-0.2, 0) is 4.79 Å². The number of amides is 1. The maximum atomic E-state index is 11.4. The summed E-state index contributed by atoms with van der Waals surface area (Å²) in [5, 5.41) is 12.0. The second-order valence-electron chi connectivity index (χ2n) is 3.84. The smallest absolute Gasteiger partial charge is 0.239 e. The molecule has 0 saturated carbocycles. The summed E-state index contributed by atoms with van der Waals surface area (Å²) >= 11 is 0. The zero-order valence-corrected chi connectivity index (χ0v) is 9.86. The monoisotopic (exact) mass is 232 g/mol. The van der Waals surface area contributed by atoms with Crippen LogP contribution >= 0.6 is 0 Å². The summed E-state index contributed by atoms with van der Waals surface area (Å²) in [6.07, 6.45) is 5.59. The Bertz CT molecular complexity index is 543. The summed E-state index contributed by atoms with van der Waals surface area (Å²) in [6.45, 7) is 7.43. The largest absolute Gasteiger partial charge is 0.353 e. The summed E-state index contributed by atoms with van der Waals surface area (Å²) < 4.78 is 0. The third kappa shape index (κ3) is 2.22. The molecule has 0 aromatic carbocycles. The van der Waals surface area contributed by atoms with E-state index in [1.807, 2.05) is 24.0 Å². The van der Waals surface area contributed by atoms with Gasteiger partial charge in [0, 0.05) is 18.3 Å². The maximum absolute atomic E-state index is 11.4. The minimum Gasteiger partial charge on any atom is -0.353 e. The molecule has 0 radical (unpaired) electrons. The zero-order valence-electron chi connectivity index (χ0n) is 9.86. The van der Waals surface area contributed by atoms with Gasteiger partial charge in [-0.3, -0.25) is 9.89 Å². The Morgan fingerprint density at radius 2 is 2.35 bits per heavy atom. The highest BCUT2D eigenvalue weighted by atomic mass is 16.2. The third-order valence-corrected chi connectivity index (χ3v) is 2.72. The molecule has 0 atom stereocenters. The van der Waals surface area contributed by atoms with Gasteiger partial charge in [0.05, 0.1) is 11.9 Å². The molecule has 5 heteroatoms. The van der Waals surface area contributed by atoms with Gasteiger partial charge in [-0.1, -0.05) is 18.7 Å². The molecule has 1 aliphatic rings. The summed E-state index contributed by atoms with van der Waals surface area (Å²) in [5.41, 5.74) is 0. The SMILES string of the molecule is C=C/C=c1/c(N2CCNC(=O)C2)n[nH]/c1=C/C. The van der Waals surface area contributed by atoms with E-state index in [-0.39, 0.29) is 5.91 Å². The van der Waals surface area contributed by atoms with Gasteiger partial charge in [0.15, 0.2) is 5.82 Å². The van der Waals surface area contributed by atoms with E-state index in [0.29, 0.717) is 13.1 Å². The van der Waals surface area contributed by atoms with Crippen molar-refractivity contribution in [3.05, 3.63) is 23.2 Å². The van der Waals surface area contributed by atoms with Crippen LogP contribution in [0.4, 0.5) is 5.82 Å². The van der Waals surface area contributed by atoms with E-state index < -0.39 is 0 Å². The van der Waals surface area contributed by atoms with E-state index in [0.717, 1.165) is 22.9 Å². The van der Waals surface area contributed by atoms with Crippen LogP contribution in [0.1, 0.15) is 6.92 Å². The molecule has 0 aliphatic carbocycles. The number of aromatic amines is 1. The number of aromatic nitrogens is 2. The normalized spacial score (nSPS) is 18.4. The summed E-state index contributed by atoms with van der Waals surface area (Å²) in [7, 11) is 0. The lowest BCUT2D eigenvalue weighted by Crippen LogP contribution is -2.49. The summed E-state index contributed by atoms with van der Waals surface area (Å²) in [6, 6.07) is 0. The first-order valence-corrected chi connectivity index (χ1v) is 5.61. The van der Waals surface area contributed by atoms with Gasteiger partial charge in [-0.2, -0.15) is 5.10 Å². The average Bonchev–Trinajstić information content (AvgIpc) is 2.72. The lowest BCUT2D eigenvalue weighted by Gasteiger charge is -2.26. The van der Waals surface area contributed by atoms with Gasteiger partial charge in [-0.25, -0.2) is 0 Å². The van der Waals surface area contributed by atoms with Crippen LogP contribution in [0.15, 0.2) is 12.7 Å². The van der Waals surface area contributed by atoms with E-state index in [4.69, 9.17) is 0 Å². The number of nitrogens with one attached hydrogen (secondary N) is 2. The minimum atomic E-state index is 0.0332. The van der Waals surface area contributed by atoms with Crippen molar-refractivity contribution < 1.29 is 4.79 Å². The fraction of sp³-hybridized carbons (Fsp3) is 0.333. The Labute approximate surface area is 99.5 Å². The quantitative estimate of drug-likeness (QED) is 0.695. The maximum Gasteiger partial charge on any atom is 0.239 e. The predicted molar refractivity (Wildman–Crippen MR) is 67.9 cm³/mol. The average molecular weight is 232 g/mol. The van der Waals surface area contributed by atoms with Crippen molar-refractivity contribution in [2.24, 2.45) is 0 Å². The van der Waals surface area contributed by atoms with E-state index in [1.165, 1.54) is 0 Å². The van der Waals surface area contributed by atoms with Crippen molar-refractivity contribution in [2.45, 2.75) is 6.92 Å². The molecule has 0 bridgehead atoms. The van der Waals surface area contributed by atoms with Crippen LogP contribution in [0.25, 0.3) is 12.2 Å². The number of nitrogens with zero attached hydrogens (tertiary/aromatic N) is 2. The van der Waals surface area contributed by atoms with Crippen molar-refractivity contribution in [3.8, 4) is 0 Å². The van der Waals surface area contributed by atoms with Crippen LogP contribution < -0.4 is 20.8 Å². The van der Waals surface area contributed by atoms with Crippen LogP contribution in [0.2, 0.25) is 0 Å². The molecule has 5 nitrogen and oxygen atoms in total. The number of H-pyrrole nitrogens is 1. The highest BCUT2D eigenvalue weighted by Gasteiger charge is 2.19. The van der Waals surface area contributed by atoms with E-state index >= 15 is 0 Å². The molecule has 1 saturated heterocycles. The number of hydrogen-bond donors (Lipinski definition) is 2. The van der Waals surface area contributed by atoms with Gasteiger partial charge in [0.25, 0.3) is 0 Å². The molecule has 2 rings (SSSR count). The van der Waals surface area contributed by atoms with Gasteiger partial charge >= 0.3 is 0 Å². The van der Waals surface area contributed by atoms with Crippen molar-refractivity contribution in [1.82, 2.24) is 15.5 Å². The molecule has 1 aliphatic heterocycles. The highest BCUT2D eigenvalue weighted by Crippen LogP contribution is 2.03. The van der Waals surface area contributed by atoms with Crippen LogP contribution in [0, 0.1) is 0 Å². The molecule has 2 heterocycles. The first-order chi connectivity index (χ1) is 8.26. The molecule has 0 unspecified atom stereocenters. The molecular formula is C12H16N4O. The fourth-order valence-corrected chi connectivity index (χ4v) is 1.92. The van der Waals surface area contributed by atoms with Crippen LogP contribution in [-0.4, -0.2) is 35.7 Å². The Hall–Kier alpha value is -2.04. The number of rotatable bonds is 2. The number of allylic oxidation sites excluding steroid dienone is 1. The molecular weight excluding hydrogens is 216 g/mol.